The van der Waals surface area contributed by atoms with Crippen molar-refractivity contribution in [2.24, 2.45) is 4.99 Å². The average molecular weight is 1180 g/mol. The fraction of sp³-hybridized carbons (Fsp3) is 0.444. The van der Waals surface area contributed by atoms with Crippen LogP contribution in [0.15, 0.2) is 114 Å². The fourth-order valence-corrected chi connectivity index (χ4v) is 18.0. The molecule has 0 aliphatic carbocycles. The highest BCUT2D eigenvalue weighted by Gasteiger charge is 2.52. The van der Waals surface area contributed by atoms with Crippen LogP contribution in [-0.2, 0) is 22.3 Å². The molecule has 19 heteroatoms. The fourth-order valence-electron chi connectivity index (χ4n) is 10.4. The Morgan fingerprint density at radius 1 is 0.915 bits per heavy atom. The first-order chi connectivity index (χ1) is 39.1. The van der Waals surface area contributed by atoms with Gasteiger partial charge in [-0.05, 0) is 117 Å². The van der Waals surface area contributed by atoms with Crippen molar-refractivity contribution in [3.05, 3.63) is 142 Å². The lowest BCUT2D eigenvalue weighted by atomic mass is 10.1. The summed E-state index contributed by atoms with van der Waals surface area (Å²) in [4.78, 5) is 30.5. The molecule has 4 aromatic carbocycles. The van der Waals surface area contributed by atoms with E-state index < -0.39 is 28.2 Å². The number of halogens is 1. The van der Waals surface area contributed by atoms with Gasteiger partial charge in [0.2, 0.25) is 0 Å². The zero-order chi connectivity index (χ0) is 58.7. The summed E-state index contributed by atoms with van der Waals surface area (Å²) in [5, 5.41) is 25.3. The van der Waals surface area contributed by atoms with Gasteiger partial charge >= 0.3 is 0 Å². The lowest BCUT2D eigenvalue weighted by molar-refractivity contribution is -0.916. The minimum absolute atomic E-state index is 0.104. The van der Waals surface area contributed by atoms with Crippen molar-refractivity contribution in [1.82, 2.24) is 29.5 Å². The highest BCUT2D eigenvalue weighted by molar-refractivity contribution is 7.16. The van der Waals surface area contributed by atoms with Gasteiger partial charge in [0, 0.05) is 44.8 Å². The predicted octanol–water partition coefficient (Wildman–Crippen LogP) is 9.49. The number of benzene rings is 4. The number of fused-ring (bicyclic) bond motifs is 1. The Morgan fingerprint density at radius 2 is 1.60 bits per heavy atom. The third kappa shape index (κ3) is 16.0. The van der Waals surface area contributed by atoms with Crippen LogP contribution in [0.4, 0.5) is 21.2 Å². The van der Waals surface area contributed by atoms with Crippen LogP contribution in [0.2, 0.25) is 30.7 Å². The van der Waals surface area contributed by atoms with Crippen LogP contribution in [0.3, 0.4) is 0 Å². The molecule has 0 saturated carbocycles. The SMILES string of the molecule is Cc1cc(N(CCCC(C[N+]2(C)CCN(C)CC2)O[Si](c2ccccc2)(c2ccccc2)C(C)(C)C)c2nc(C(=O)[O-])c(CCCOc3ccc(C#CCN(C)C)cc3F)s2)nnc1N=c1sc2ccccc2n1COCC[Si](C)(C)C. The number of para-hydroxylation sites is 1. The molecule has 1 aliphatic heterocycles. The number of aryl methyl sites for hydroxylation is 2. The van der Waals surface area contributed by atoms with Gasteiger partial charge in [-0.2, -0.15) is 4.99 Å². The Morgan fingerprint density at radius 3 is 2.23 bits per heavy atom. The van der Waals surface area contributed by atoms with Crippen molar-refractivity contribution in [3.8, 4) is 17.6 Å². The summed E-state index contributed by atoms with van der Waals surface area (Å²) < 4.78 is 39.4. The van der Waals surface area contributed by atoms with Crippen molar-refractivity contribution in [2.45, 2.75) is 96.9 Å². The monoisotopic (exact) mass is 1180 g/mol. The van der Waals surface area contributed by atoms with Gasteiger partial charge in [0.05, 0.1) is 55.6 Å². The molecular formula is C63H82FN9O5S2Si2. The Bertz CT molecular complexity index is 3340. The van der Waals surface area contributed by atoms with E-state index in [1.54, 1.807) is 23.5 Å². The second-order valence-corrected chi connectivity index (χ2v) is 36.3. The zero-order valence-corrected chi connectivity index (χ0v) is 53.5. The number of nitrogens with zero attached hydrogens (tertiary/aromatic N) is 9. The van der Waals surface area contributed by atoms with E-state index in [2.05, 4.69) is 149 Å². The largest absolute Gasteiger partial charge is 0.543 e. The van der Waals surface area contributed by atoms with E-state index in [0.29, 0.717) is 79.3 Å². The summed E-state index contributed by atoms with van der Waals surface area (Å²) in [6.45, 7) is 23.0. The first kappa shape index (κ1) is 62.1. The smallest absolute Gasteiger partial charge is 0.261 e. The number of carbonyl (C=O) groups is 1. The second-order valence-electron chi connectivity index (χ2n) is 24.4. The van der Waals surface area contributed by atoms with Crippen molar-refractivity contribution < 1.29 is 32.7 Å². The second kappa shape index (κ2) is 27.6. The minimum Gasteiger partial charge on any atom is -0.543 e. The minimum atomic E-state index is -2.99. The molecular weight excluding hydrogens is 1100 g/mol. The van der Waals surface area contributed by atoms with Gasteiger partial charge in [0.25, 0.3) is 8.32 Å². The Kier molecular flexibility index (Phi) is 20.9. The molecule has 0 radical (unpaired) electrons. The number of anilines is 2. The first-order valence-electron chi connectivity index (χ1n) is 28.5. The highest BCUT2D eigenvalue weighted by atomic mass is 32.1. The number of piperazine rings is 1. The molecule has 0 spiro atoms. The van der Waals surface area contributed by atoms with Crippen LogP contribution < -0.4 is 29.9 Å². The molecule has 8 rings (SSSR count). The molecule has 3 aromatic heterocycles. The van der Waals surface area contributed by atoms with Crippen LogP contribution >= 0.6 is 22.7 Å². The van der Waals surface area contributed by atoms with Crippen molar-refractivity contribution >= 4 is 82.4 Å². The Hall–Kier alpha value is -5.93. The van der Waals surface area contributed by atoms with Crippen LogP contribution in [0.5, 0.6) is 5.75 Å². The molecule has 1 atom stereocenters. The van der Waals surface area contributed by atoms with E-state index in [4.69, 9.17) is 34.1 Å². The lowest BCUT2D eigenvalue weighted by Crippen LogP contribution is -2.69. The zero-order valence-electron chi connectivity index (χ0n) is 49.8. The number of aromatic nitrogens is 4. The number of hydrogen-bond donors (Lipinski definition) is 0. The number of hydrogen-bond acceptors (Lipinski definition) is 14. The van der Waals surface area contributed by atoms with E-state index >= 15 is 4.39 Å². The summed E-state index contributed by atoms with van der Waals surface area (Å²) in [7, 11) is 4.12. The van der Waals surface area contributed by atoms with E-state index in [1.807, 2.05) is 49.0 Å². The molecule has 82 heavy (non-hydrogen) atoms. The van der Waals surface area contributed by atoms with Gasteiger partial charge in [-0.3, -0.25) is 14.4 Å². The van der Waals surface area contributed by atoms with Gasteiger partial charge in [0.15, 0.2) is 33.1 Å². The number of carboxylic acids is 1. The lowest BCUT2D eigenvalue weighted by Gasteiger charge is -2.48. The molecule has 1 unspecified atom stereocenters. The van der Waals surface area contributed by atoms with Gasteiger partial charge in [-0.15, -0.1) is 21.5 Å². The summed E-state index contributed by atoms with van der Waals surface area (Å²) in [6.07, 6.45) is 1.93. The van der Waals surface area contributed by atoms with Gasteiger partial charge in [0.1, 0.15) is 19.0 Å². The molecule has 0 bridgehead atoms. The normalized spacial score (nSPS) is 14.7. The Labute approximate surface area is 495 Å². The van der Waals surface area contributed by atoms with Crippen molar-refractivity contribution in [2.75, 3.05) is 92.1 Å². The topological polar surface area (TPSA) is 134 Å². The molecule has 4 heterocycles. The predicted molar refractivity (Wildman–Crippen MR) is 335 cm³/mol. The standard InChI is InChI=1S/C63H82FN9O5S2Si2/c1-47-43-57(67-68-59(47)66-62-72(46-76-41-42-81(9,10)11)53-29-18-19-30-55(53)79-62)71(61-65-58(60(74)75)56(80-61)31-22-40-77-54-33-32-48(44-52(54)64)23-20-34-69(5)6)35-21-24-49(45-73(8)38-36-70(7)37-39-73)78-82(63(2,3)4,50-25-14-12-15-26-50)51-27-16-13-17-28-51/h12-19,25-30,32-33,43-44,49H,21-22,24,31,34-42,45-46H2,1-11H3. The molecule has 1 aliphatic rings. The maximum atomic E-state index is 15.2. The van der Waals surface area contributed by atoms with Crippen molar-refractivity contribution in [3.63, 3.8) is 0 Å². The van der Waals surface area contributed by atoms with Crippen LogP contribution in [0.25, 0.3) is 10.2 Å². The third-order valence-corrected chi connectivity index (χ3v) is 24.1. The van der Waals surface area contributed by atoms with Crippen LogP contribution in [-0.4, -0.2) is 150 Å². The molecule has 0 N–H and O–H groups in total. The number of thiazole rings is 2. The number of rotatable bonds is 25. The van der Waals surface area contributed by atoms with E-state index in [0.717, 1.165) is 63.8 Å². The number of carboxylic acid groups (broad SMARTS) is 1. The Balaban J connectivity index is 1.13. The van der Waals surface area contributed by atoms with Gasteiger partial charge in [-0.1, -0.05) is 136 Å². The quantitative estimate of drug-likeness (QED) is 0.0235. The summed E-state index contributed by atoms with van der Waals surface area (Å²) in [5.74, 6) is 5.20. The van der Waals surface area contributed by atoms with E-state index in [9.17, 15) is 9.90 Å². The van der Waals surface area contributed by atoms with E-state index in [-0.39, 0.29) is 29.2 Å². The first-order valence-corrected chi connectivity index (χ1v) is 35.8. The summed E-state index contributed by atoms with van der Waals surface area (Å²) in [6, 6.07) is 37.6. The number of ether oxygens (including phenoxy) is 2. The maximum Gasteiger partial charge on any atom is 0.261 e. The number of likely N-dealkylation sites (N-methyl/N-ethyl adjacent to an activating group) is 2. The molecule has 14 nitrogen and oxygen atoms in total. The number of aromatic carboxylic acids is 1. The van der Waals surface area contributed by atoms with E-state index in [1.165, 1.54) is 27.8 Å². The van der Waals surface area contributed by atoms with Crippen LogP contribution in [0, 0.1) is 24.6 Å². The average Bonchev–Trinajstić information content (AvgIpc) is 4.06. The molecule has 436 valence electrons. The molecule has 0 amide bonds. The highest BCUT2D eigenvalue weighted by Crippen LogP contribution is 2.39. The third-order valence-electron chi connectivity index (χ3n) is 15.1. The molecule has 7 aromatic rings. The van der Waals surface area contributed by atoms with Gasteiger partial charge in [-0.25, -0.2) is 9.37 Å². The summed E-state index contributed by atoms with van der Waals surface area (Å²) >= 11 is 2.86. The molecule has 1 fully saturated rings. The molecule has 1 saturated heterocycles. The summed E-state index contributed by atoms with van der Waals surface area (Å²) in [5.41, 5.74) is 2.23. The van der Waals surface area contributed by atoms with Crippen molar-refractivity contribution in [1.29, 1.82) is 0 Å². The number of quaternary nitrogens is 1. The number of carbonyl (C=O) groups excluding carboxylic acids is 1. The van der Waals surface area contributed by atoms with Crippen LogP contribution in [0.1, 0.15) is 66.5 Å². The van der Waals surface area contributed by atoms with Gasteiger partial charge < -0.3 is 33.2 Å². The maximum absolute atomic E-state index is 15.2.